The molecule has 3 N–H and O–H groups in total. The van der Waals surface area contributed by atoms with Crippen LogP contribution in [0, 0.1) is 0 Å². The number of thiazole rings is 1. The van der Waals surface area contributed by atoms with Crippen molar-refractivity contribution < 1.29 is 14.3 Å². The number of hydrogen-bond acceptors (Lipinski definition) is 6. The van der Waals surface area contributed by atoms with Gasteiger partial charge in [-0.25, -0.2) is 9.78 Å². The number of aromatic nitrogens is 1. The lowest BCUT2D eigenvalue weighted by Gasteiger charge is -1.99. The number of amides is 1. The van der Waals surface area contributed by atoms with Crippen LogP contribution in [0.2, 0.25) is 0 Å². The van der Waals surface area contributed by atoms with Gasteiger partial charge in [-0.3, -0.25) is 4.79 Å². The quantitative estimate of drug-likeness (QED) is 0.608. The molecule has 0 radical (unpaired) electrons. The summed E-state index contributed by atoms with van der Waals surface area (Å²) >= 11 is 1.22. The molecular formula is C12H17N3O3S. The average Bonchev–Trinajstić information content (AvgIpc) is 2.70. The number of nitrogens with zero attached hydrogens (tertiary/aromatic N) is 1. The van der Waals surface area contributed by atoms with Crippen molar-refractivity contribution in [3.63, 3.8) is 0 Å². The molecule has 0 aromatic carbocycles. The summed E-state index contributed by atoms with van der Waals surface area (Å²) < 4.78 is 4.90. The summed E-state index contributed by atoms with van der Waals surface area (Å²) in [6.07, 6.45) is 4.29. The monoisotopic (exact) mass is 283 g/mol. The predicted molar refractivity (Wildman–Crippen MR) is 74.8 cm³/mol. The summed E-state index contributed by atoms with van der Waals surface area (Å²) in [6, 6.07) is 0. The van der Waals surface area contributed by atoms with Crippen LogP contribution in [0.25, 0.3) is 6.08 Å². The Morgan fingerprint density at radius 3 is 2.89 bits per heavy atom. The minimum Gasteiger partial charge on any atom is -0.461 e. The van der Waals surface area contributed by atoms with Gasteiger partial charge in [-0.15, -0.1) is 0 Å². The van der Waals surface area contributed by atoms with Crippen molar-refractivity contribution in [1.29, 1.82) is 0 Å². The number of anilines is 1. The number of carbonyl (C=O) groups is 2. The molecule has 0 fully saturated rings. The lowest BCUT2D eigenvalue weighted by atomic mass is 10.3. The first kappa shape index (κ1) is 15.2. The van der Waals surface area contributed by atoms with Crippen molar-refractivity contribution in [3.8, 4) is 0 Å². The Morgan fingerprint density at radius 2 is 2.26 bits per heavy atom. The number of carbonyl (C=O) groups excluding carboxylic acids is 2. The SMILES string of the molecule is CCOC(=O)c1nc(N)sc1C=CCCNC(C)=O. The van der Waals surface area contributed by atoms with Crippen molar-refractivity contribution in [1.82, 2.24) is 10.3 Å². The fraction of sp³-hybridized carbons (Fsp3) is 0.417. The highest BCUT2D eigenvalue weighted by molar-refractivity contribution is 7.16. The Balaban J connectivity index is 2.64. The van der Waals surface area contributed by atoms with Gasteiger partial charge in [-0.05, 0) is 19.4 Å². The van der Waals surface area contributed by atoms with Gasteiger partial charge in [0, 0.05) is 13.5 Å². The minimum absolute atomic E-state index is 0.0670. The first-order valence-electron chi connectivity index (χ1n) is 5.89. The van der Waals surface area contributed by atoms with E-state index in [2.05, 4.69) is 10.3 Å². The summed E-state index contributed by atoms with van der Waals surface area (Å²) in [4.78, 5) is 26.9. The highest BCUT2D eigenvalue weighted by Gasteiger charge is 2.16. The number of nitrogens with one attached hydrogen (secondary N) is 1. The van der Waals surface area contributed by atoms with E-state index in [1.807, 2.05) is 6.08 Å². The third-order valence-electron chi connectivity index (χ3n) is 2.09. The highest BCUT2D eigenvalue weighted by atomic mass is 32.1. The van der Waals surface area contributed by atoms with E-state index in [0.29, 0.717) is 29.6 Å². The number of ether oxygens (including phenoxy) is 1. The fourth-order valence-electron chi connectivity index (χ4n) is 1.33. The van der Waals surface area contributed by atoms with E-state index in [9.17, 15) is 9.59 Å². The maximum atomic E-state index is 11.6. The Bertz CT molecular complexity index is 483. The van der Waals surface area contributed by atoms with E-state index < -0.39 is 5.97 Å². The van der Waals surface area contributed by atoms with Gasteiger partial charge < -0.3 is 15.8 Å². The molecule has 0 saturated carbocycles. The van der Waals surface area contributed by atoms with Crippen LogP contribution < -0.4 is 11.1 Å². The molecule has 1 aromatic rings. The van der Waals surface area contributed by atoms with Gasteiger partial charge in [0.05, 0.1) is 11.5 Å². The zero-order chi connectivity index (χ0) is 14.3. The van der Waals surface area contributed by atoms with Gasteiger partial charge >= 0.3 is 5.97 Å². The van der Waals surface area contributed by atoms with Gasteiger partial charge in [0.25, 0.3) is 0 Å². The second-order valence-electron chi connectivity index (χ2n) is 3.66. The van der Waals surface area contributed by atoms with Crippen molar-refractivity contribution in [3.05, 3.63) is 16.6 Å². The molecule has 0 atom stereocenters. The molecule has 1 amide bonds. The Morgan fingerprint density at radius 1 is 1.53 bits per heavy atom. The molecular weight excluding hydrogens is 266 g/mol. The summed E-state index contributed by atoms with van der Waals surface area (Å²) in [7, 11) is 0. The van der Waals surface area contributed by atoms with Crippen molar-refractivity contribution in [2.24, 2.45) is 0 Å². The van der Waals surface area contributed by atoms with Crippen molar-refractivity contribution in [2.75, 3.05) is 18.9 Å². The first-order valence-corrected chi connectivity index (χ1v) is 6.70. The zero-order valence-electron chi connectivity index (χ0n) is 10.9. The minimum atomic E-state index is -0.475. The molecule has 0 saturated heterocycles. The second kappa shape index (κ2) is 7.52. The topological polar surface area (TPSA) is 94.3 Å². The largest absolute Gasteiger partial charge is 0.461 e. The lowest BCUT2D eigenvalue weighted by Crippen LogP contribution is -2.20. The smallest absolute Gasteiger partial charge is 0.358 e. The van der Waals surface area contributed by atoms with Gasteiger partial charge in [0.1, 0.15) is 0 Å². The van der Waals surface area contributed by atoms with E-state index in [0.717, 1.165) is 0 Å². The van der Waals surface area contributed by atoms with Crippen LogP contribution in [0.5, 0.6) is 0 Å². The molecule has 0 unspecified atom stereocenters. The van der Waals surface area contributed by atoms with Crippen LogP contribution in [-0.2, 0) is 9.53 Å². The highest BCUT2D eigenvalue weighted by Crippen LogP contribution is 2.22. The Kier molecular flexibility index (Phi) is 6.01. The van der Waals surface area contributed by atoms with Crippen LogP contribution in [0.1, 0.15) is 35.6 Å². The maximum Gasteiger partial charge on any atom is 0.358 e. The number of hydrogen-bond donors (Lipinski definition) is 2. The van der Waals surface area contributed by atoms with E-state index in [1.165, 1.54) is 18.3 Å². The average molecular weight is 283 g/mol. The molecule has 19 heavy (non-hydrogen) atoms. The van der Waals surface area contributed by atoms with Gasteiger partial charge in [0.15, 0.2) is 10.8 Å². The molecule has 1 aromatic heterocycles. The molecule has 6 nitrogen and oxygen atoms in total. The third kappa shape index (κ3) is 5.09. The van der Waals surface area contributed by atoms with Crippen LogP contribution in [-0.4, -0.2) is 30.0 Å². The van der Waals surface area contributed by atoms with Crippen molar-refractivity contribution >= 4 is 34.4 Å². The fourth-order valence-corrected chi connectivity index (χ4v) is 2.08. The van der Waals surface area contributed by atoms with Crippen LogP contribution in [0.15, 0.2) is 6.08 Å². The molecule has 0 aliphatic heterocycles. The lowest BCUT2D eigenvalue weighted by molar-refractivity contribution is -0.118. The molecule has 0 spiro atoms. The van der Waals surface area contributed by atoms with E-state index >= 15 is 0 Å². The van der Waals surface area contributed by atoms with E-state index in [4.69, 9.17) is 10.5 Å². The van der Waals surface area contributed by atoms with Gasteiger partial charge in [0.2, 0.25) is 5.91 Å². The summed E-state index contributed by atoms with van der Waals surface area (Å²) in [5.74, 6) is -0.542. The Hall–Kier alpha value is -1.89. The first-order chi connectivity index (χ1) is 9.04. The molecule has 104 valence electrons. The van der Waals surface area contributed by atoms with Crippen LogP contribution >= 0.6 is 11.3 Å². The van der Waals surface area contributed by atoms with Crippen LogP contribution in [0.3, 0.4) is 0 Å². The number of rotatable bonds is 6. The standard InChI is InChI=1S/C12H17N3O3S/c1-3-18-11(17)10-9(19-12(13)15-10)6-4-5-7-14-8(2)16/h4,6H,3,5,7H2,1-2H3,(H2,13,15)(H,14,16). The summed E-state index contributed by atoms with van der Waals surface area (Å²) in [6.45, 7) is 4.04. The normalized spacial score (nSPS) is 10.6. The number of esters is 1. The molecule has 0 aliphatic rings. The molecule has 1 rings (SSSR count). The Labute approximate surface area is 115 Å². The van der Waals surface area contributed by atoms with E-state index in [1.54, 1.807) is 13.0 Å². The zero-order valence-corrected chi connectivity index (χ0v) is 11.8. The van der Waals surface area contributed by atoms with E-state index in [-0.39, 0.29) is 11.6 Å². The van der Waals surface area contributed by atoms with Crippen molar-refractivity contribution in [2.45, 2.75) is 20.3 Å². The number of nitrogen functional groups attached to an aromatic ring is 1. The predicted octanol–water partition coefficient (Wildman–Crippen LogP) is 1.44. The van der Waals surface area contributed by atoms with Gasteiger partial charge in [-0.2, -0.15) is 0 Å². The summed E-state index contributed by atoms with van der Waals surface area (Å²) in [5.41, 5.74) is 5.83. The number of nitrogens with two attached hydrogens (primary N) is 1. The third-order valence-corrected chi connectivity index (χ3v) is 2.94. The maximum absolute atomic E-state index is 11.6. The van der Waals surface area contributed by atoms with Gasteiger partial charge in [-0.1, -0.05) is 17.4 Å². The molecule has 7 heteroatoms. The molecule has 1 heterocycles. The summed E-state index contributed by atoms with van der Waals surface area (Å²) in [5, 5.41) is 3.00. The molecule has 0 aliphatic carbocycles. The molecule has 0 bridgehead atoms. The van der Waals surface area contributed by atoms with Crippen LogP contribution in [0.4, 0.5) is 5.13 Å². The second-order valence-corrected chi connectivity index (χ2v) is 4.72.